The van der Waals surface area contributed by atoms with E-state index in [1.54, 1.807) is 11.8 Å². The van der Waals surface area contributed by atoms with Crippen LogP contribution in [0.3, 0.4) is 0 Å². The van der Waals surface area contributed by atoms with Gasteiger partial charge >= 0.3 is 0 Å². The number of fused-ring (bicyclic) bond motifs is 1. The number of piperazine rings is 1. The maximum absolute atomic E-state index is 6.01. The molecule has 1 aliphatic rings. The highest BCUT2D eigenvalue weighted by Crippen LogP contribution is 2.37. The van der Waals surface area contributed by atoms with Gasteiger partial charge in [0, 0.05) is 31.1 Å². The fraction of sp³-hybridized carbons (Fsp3) is 0.350. The first-order valence-corrected chi connectivity index (χ1v) is 10.1. The lowest BCUT2D eigenvalue weighted by molar-refractivity contribution is 0.311. The second-order valence-electron chi connectivity index (χ2n) is 6.88. The first kappa shape index (κ1) is 20.6. The predicted octanol–water partition coefficient (Wildman–Crippen LogP) is 3.63. The van der Waals surface area contributed by atoms with Gasteiger partial charge in [-0.3, -0.25) is 0 Å². The fourth-order valence-corrected chi connectivity index (χ4v) is 4.33. The molecule has 28 heavy (non-hydrogen) atoms. The number of rotatable bonds is 4. The van der Waals surface area contributed by atoms with Gasteiger partial charge in [-0.05, 0) is 30.8 Å². The summed E-state index contributed by atoms with van der Waals surface area (Å²) in [6, 6.07) is 14.8. The zero-order valence-corrected chi connectivity index (χ0v) is 17.7. The number of aromatic nitrogens is 3. The number of halogens is 1. The summed E-state index contributed by atoms with van der Waals surface area (Å²) in [5.41, 5.74) is 6.01. The Balaban J connectivity index is 0.00000225. The number of nitrogens with two attached hydrogens (primary N) is 1. The third kappa shape index (κ3) is 4.48. The number of anilines is 2. The highest BCUT2D eigenvalue weighted by molar-refractivity contribution is 7.99. The van der Waals surface area contributed by atoms with Gasteiger partial charge in [-0.2, -0.15) is 15.0 Å². The molecule has 0 aliphatic carbocycles. The molecule has 0 amide bonds. The highest BCUT2D eigenvalue weighted by Gasteiger charge is 2.20. The molecule has 1 saturated heterocycles. The minimum absolute atomic E-state index is 0. The maximum Gasteiger partial charge on any atom is 0.230 e. The van der Waals surface area contributed by atoms with Gasteiger partial charge in [-0.15, -0.1) is 24.2 Å². The van der Waals surface area contributed by atoms with Gasteiger partial charge in [0.25, 0.3) is 0 Å². The van der Waals surface area contributed by atoms with Gasteiger partial charge in [-0.1, -0.05) is 36.4 Å². The number of hydrogen-bond acceptors (Lipinski definition) is 7. The van der Waals surface area contributed by atoms with Crippen molar-refractivity contribution in [1.29, 1.82) is 0 Å². The standard InChI is InChI=1S/C20H24N6S.ClH/c1-14(27-17-9-5-7-15-6-3-4-8-16(15)17)18-22-19(21)24-20(23-18)26-12-10-25(2)11-13-26;/h3-9,14H,10-13H2,1-2H3,(H2,21,22,23,24);1H. The van der Waals surface area contributed by atoms with Gasteiger partial charge < -0.3 is 15.5 Å². The van der Waals surface area contributed by atoms with Crippen molar-refractivity contribution in [2.45, 2.75) is 17.1 Å². The van der Waals surface area contributed by atoms with Crippen LogP contribution in [0, 0.1) is 0 Å². The van der Waals surface area contributed by atoms with E-state index in [4.69, 9.17) is 10.7 Å². The minimum atomic E-state index is 0. The van der Waals surface area contributed by atoms with Gasteiger partial charge in [-0.25, -0.2) is 0 Å². The number of nitrogens with zero attached hydrogens (tertiary/aromatic N) is 5. The molecule has 6 nitrogen and oxygen atoms in total. The molecule has 1 fully saturated rings. The summed E-state index contributed by atoms with van der Waals surface area (Å²) in [6.07, 6.45) is 0. The lowest BCUT2D eigenvalue weighted by Crippen LogP contribution is -2.45. The van der Waals surface area contributed by atoms with Crippen molar-refractivity contribution in [2.24, 2.45) is 0 Å². The van der Waals surface area contributed by atoms with Crippen LogP contribution in [0.1, 0.15) is 18.0 Å². The largest absolute Gasteiger partial charge is 0.368 e. The van der Waals surface area contributed by atoms with Crippen LogP contribution in [0.4, 0.5) is 11.9 Å². The lowest BCUT2D eigenvalue weighted by Gasteiger charge is -2.32. The van der Waals surface area contributed by atoms with E-state index in [9.17, 15) is 0 Å². The van der Waals surface area contributed by atoms with Crippen molar-refractivity contribution in [3.63, 3.8) is 0 Å². The monoisotopic (exact) mass is 416 g/mol. The van der Waals surface area contributed by atoms with Crippen LogP contribution in [-0.2, 0) is 0 Å². The second-order valence-corrected chi connectivity index (χ2v) is 8.26. The predicted molar refractivity (Wildman–Crippen MR) is 119 cm³/mol. The Bertz CT molecular complexity index is 940. The molecule has 1 aliphatic heterocycles. The molecule has 148 valence electrons. The summed E-state index contributed by atoms with van der Waals surface area (Å²) >= 11 is 1.76. The van der Waals surface area contributed by atoms with E-state index in [0.717, 1.165) is 32.0 Å². The van der Waals surface area contributed by atoms with Crippen LogP contribution < -0.4 is 10.6 Å². The summed E-state index contributed by atoms with van der Waals surface area (Å²) in [6.45, 7) is 5.94. The molecule has 0 bridgehead atoms. The number of thioether (sulfide) groups is 1. The van der Waals surface area contributed by atoms with Crippen molar-refractivity contribution in [2.75, 3.05) is 43.9 Å². The molecular formula is C20H25ClN6S. The summed E-state index contributed by atoms with van der Waals surface area (Å²) in [4.78, 5) is 19.3. The number of nitrogen functional groups attached to an aromatic ring is 1. The molecule has 2 heterocycles. The van der Waals surface area contributed by atoms with Crippen molar-refractivity contribution < 1.29 is 0 Å². The molecule has 1 unspecified atom stereocenters. The Kier molecular flexibility index (Phi) is 6.59. The normalized spacial score (nSPS) is 16.0. The summed E-state index contributed by atoms with van der Waals surface area (Å²) in [5, 5.41) is 2.56. The van der Waals surface area contributed by atoms with E-state index in [2.05, 4.69) is 76.2 Å². The van der Waals surface area contributed by atoms with Crippen LogP contribution in [-0.4, -0.2) is 53.1 Å². The van der Waals surface area contributed by atoms with Crippen molar-refractivity contribution >= 4 is 46.8 Å². The molecule has 0 spiro atoms. The summed E-state index contributed by atoms with van der Waals surface area (Å²) < 4.78 is 0. The van der Waals surface area contributed by atoms with Gasteiger partial charge in [0.05, 0.1) is 5.25 Å². The Hall–Kier alpha value is -2.09. The van der Waals surface area contributed by atoms with Crippen molar-refractivity contribution in [3.05, 3.63) is 48.3 Å². The van der Waals surface area contributed by atoms with E-state index in [0.29, 0.717) is 11.9 Å². The average molecular weight is 417 g/mol. The molecule has 4 rings (SSSR count). The van der Waals surface area contributed by atoms with Crippen molar-refractivity contribution in [3.8, 4) is 0 Å². The average Bonchev–Trinajstić information content (AvgIpc) is 2.68. The molecule has 0 radical (unpaired) electrons. The number of likely N-dealkylation sites (N-methyl/N-ethyl adjacent to an activating group) is 1. The topological polar surface area (TPSA) is 71.2 Å². The van der Waals surface area contributed by atoms with Crippen LogP contribution in [0.2, 0.25) is 0 Å². The van der Waals surface area contributed by atoms with E-state index >= 15 is 0 Å². The maximum atomic E-state index is 6.01. The first-order chi connectivity index (χ1) is 13.1. The molecule has 0 saturated carbocycles. The number of hydrogen-bond donors (Lipinski definition) is 1. The molecule has 1 atom stereocenters. The molecule has 2 N–H and O–H groups in total. The third-order valence-corrected chi connectivity index (χ3v) is 6.04. The number of benzene rings is 2. The van der Waals surface area contributed by atoms with Gasteiger partial charge in [0.1, 0.15) is 5.82 Å². The van der Waals surface area contributed by atoms with E-state index < -0.39 is 0 Å². The summed E-state index contributed by atoms with van der Waals surface area (Å²) in [7, 11) is 2.13. The smallest absolute Gasteiger partial charge is 0.230 e. The van der Waals surface area contributed by atoms with Crippen LogP contribution >= 0.6 is 24.2 Å². The van der Waals surface area contributed by atoms with E-state index in [1.165, 1.54) is 15.7 Å². The van der Waals surface area contributed by atoms with Crippen LogP contribution in [0.25, 0.3) is 10.8 Å². The SMILES string of the molecule is CC(Sc1cccc2ccccc12)c1nc(N)nc(N2CCN(C)CC2)n1.Cl. The third-order valence-electron chi connectivity index (χ3n) is 4.86. The molecule has 1 aromatic heterocycles. The molecule has 2 aromatic carbocycles. The highest BCUT2D eigenvalue weighted by atomic mass is 35.5. The molecular weight excluding hydrogens is 392 g/mol. The van der Waals surface area contributed by atoms with Crippen molar-refractivity contribution in [1.82, 2.24) is 19.9 Å². The minimum Gasteiger partial charge on any atom is -0.368 e. The van der Waals surface area contributed by atoms with Crippen LogP contribution in [0.15, 0.2) is 47.4 Å². The zero-order chi connectivity index (χ0) is 18.8. The van der Waals surface area contributed by atoms with E-state index in [1.807, 2.05) is 0 Å². The Morgan fingerprint density at radius 2 is 1.68 bits per heavy atom. The Morgan fingerprint density at radius 1 is 0.964 bits per heavy atom. The second kappa shape index (κ2) is 8.94. The first-order valence-electron chi connectivity index (χ1n) is 9.19. The molecule has 8 heteroatoms. The Labute approximate surface area is 176 Å². The lowest BCUT2D eigenvalue weighted by atomic mass is 10.1. The van der Waals surface area contributed by atoms with Crippen LogP contribution in [0.5, 0.6) is 0 Å². The fourth-order valence-electron chi connectivity index (χ4n) is 3.27. The molecule has 3 aromatic rings. The van der Waals surface area contributed by atoms with Gasteiger partial charge in [0.15, 0.2) is 0 Å². The zero-order valence-electron chi connectivity index (χ0n) is 16.1. The quantitative estimate of drug-likeness (QED) is 0.651. The Morgan fingerprint density at radius 3 is 2.46 bits per heavy atom. The van der Waals surface area contributed by atoms with Gasteiger partial charge in [0.2, 0.25) is 11.9 Å². The summed E-state index contributed by atoms with van der Waals surface area (Å²) in [5.74, 6) is 1.71. The van der Waals surface area contributed by atoms with E-state index in [-0.39, 0.29) is 17.7 Å².